The molecule has 5 nitrogen and oxygen atoms in total. The van der Waals surface area contributed by atoms with E-state index in [0.29, 0.717) is 0 Å². The first-order chi connectivity index (χ1) is 5.39. The maximum atomic E-state index is 10.4. The molecular weight excluding hydrogens is 164 g/mol. The lowest BCUT2D eigenvalue weighted by molar-refractivity contribution is -0.324. The molecule has 0 heterocycles. The van der Waals surface area contributed by atoms with E-state index in [1.165, 1.54) is 6.92 Å². The minimum absolute atomic E-state index is 0.00778. The molecule has 0 aromatic carbocycles. The van der Waals surface area contributed by atoms with Crippen molar-refractivity contribution in [3.8, 4) is 0 Å². The third-order valence-electron chi connectivity index (χ3n) is 1.05. The van der Waals surface area contributed by atoms with Crippen LogP contribution < -0.4 is 0 Å². The quantitative estimate of drug-likeness (QED) is 0.490. The summed E-state index contributed by atoms with van der Waals surface area (Å²) in [5.74, 6) is -3.53. The Morgan fingerprint density at radius 1 is 1.25 bits per heavy atom. The van der Waals surface area contributed by atoms with Crippen molar-refractivity contribution in [2.45, 2.75) is 33.2 Å². The van der Waals surface area contributed by atoms with Gasteiger partial charge < -0.3 is 14.6 Å². The van der Waals surface area contributed by atoms with Gasteiger partial charge in [0.1, 0.15) is 0 Å². The lowest BCUT2D eigenvalue weighted by Gasteiger charge is -2.24. The number of rotatable bonds is 3. The highest BCUT2D eigenvalue weighted by Gasteiger charge is 2.31. The summed E-state index contributed by atoms with van der Waals surface area (Å²) in [5, 5.41) is 9.27. The molecule has 5 heteroatoms. The predicted molar refractivity (Wildman–Crippen MR) is 38.8 cm³/mol. The first kappa shape index (κ1) is 10.9. The van der Waals surface area contributed by atoms with Crippen molar-refractivity contribution in [3.63, 3.8) is 0 Å². The van der Waals surface area contributed by atoms with Gasteiger partial charge >= 0.3 is 17.9 Å². The van der Waals surface area contributed by atoms with Crippen LogP contribution in [-0.2, 0) is 19.1 Å². The Kier molecular flexibility index (Phi) is 3.69. The second-order valence-corrected chi connectivity index (χ2v) is 2.25. The molecule has 0 aromatic rings. The topological polar surface area (TPSA) is 72.8 Å². The summed E-state index contributed by atoms with van der Waals surface area (Å²) in [6.07, 6.45) is -0.00778. The fraction of sp³-hybridized carbons (Fsp3) is 0.714. The van der Waals surface area contributed by atoms with Crippen LogP contribution in [0.5, 0.6) is 0 Å². The molecule has 0 unspecified atom stereocenters. The fourth-order valence-electron chi connectivity index (χ4n) is 0.614. The SMILES string of the molecule is CCC(O)(OC(C)=O)OC(C)=O. The Balaban J connectivity index is 4.23. The van der Waals surface area contributed by atoms with E-state index in [4.69, 9.17) is 0 Å². The number of hydrogen-bond donors (Lipinski definition) is 1. The van der Waals surface area contributed by atoms with Gasteiger partial charge in [0.05, 0.1) is 6.42 Å². The van der Waals surface area contributed by atoms with Crippen molar-refractivity contribution in [2.75, 3.05) is 0 Å². The molecule has 0 spiro atoms. The molecule has 0 radical (unpaired) electrons. The molecule has 0 fully saturated rings. The third kappa shape index (κ3) is 3.92. The fourth-order valence-corrected chi connectivity index (χ4v) is 0.614. The molecular formula is C7H12O5. The van der Waals surface area contributed by atoms with E-state index in [1.54, 1.807) is 0 Å². The smallest absolute Gasteiger partial charge is 0.372 e. The molecule has 1 N–H and O–H groups in total. The zero-order valence-corrected chi connectivity index (χ0v) is 7.29. The Morgan fingerprint density at radius 2 is 1.58 bits per heavy atom. The summed E-state index contributed by atoms with van der Waals surface area (Å²) in [6.45, 7) is 3.75. The highest BCUT2D eigenvalue weighted by molar-refractivity contribution is 5.68. The van der Waals surface area contributed by atoms with Crippen molar-refractivity contribution < 1.29 is 24.2 Å². The van der Waals surface area contributed by atoms with Gasteiger partial charge in [-0.05, 0) is 0 Å². The Hall–Kier alpha value is -1.10. The summed E-state index contributed by atoms with van der Waals surface area (Å²) < 4.78 is 8.74. The second kappa shape index (κ2) is 4.06. The van der Waals surface area contributed by atoms with Crippen molar-refractivity contribution in [2.24, 2.45) is 0 Å². The van der Waals surface area contributed by atoms with Crippen LogP contribution in [-0.4, -0.2) is 23.0 Å². The van der Waals surface area contributed by atoms with Crippen LogP contribution in [0.25, 0.3) is 0 Å². The van der Waals surface area contributed by atoms with Crippen molar-refractivity contribution in [1.82, 2.24) is 0 Å². The summed E-state index contributed by atoms with van der Waals surface area (Å²) >= 11 is 0. The summed E-state index contributed by atoms with van der Waals surface area (Å²) in [7, 11) is 0. The molecule has 12 heavy (non-hydrogen) atoms. The maximum Gasteiger partial charge on any atom is 0.372 e. The molecule has 0 atom stereocenters. The molecule has 0 amide bonds. The monoisotopic (exact) mass is 176 g/mol. The minimum Gasteiger partial charge on any atom is -0.398 e. The molecule has 0 saturated heterocycles. The van der Waals surface area contributed by atoms with Gasteiger partial charge in [0.2, 0.25) is 0 Å². The minimum atomic E-state index is -2.11. The largest absolute Gasteiger partial charge is 0.398 e. The summed E-state index contributed by atoms with van der Waals surface area (Å²) in [4.78, 5) is 20.9. The zero-order chi connectivity index (χ0) is 9.78. The third-order valence-corrected chi connectivity index (χ3v) is 1.05. The van der Waals surface area contributed by atoms with Gasteiger partial charge in [-0.1, -0.05) is 6.92 Å². The maximum absolute atomic E-state index is 10.4. The van der Waals surface area contributed by atoms with Crippen LogP contribution in [0.4, 0.5) is 0 Å². The van der Waals surface area contributed by atoms with E-state index in [2.05, 4.69) is 9.47 Å². The molecule has 0 rings (SSSR count). The van der Waals surface area contributed by atoms with Crippen molar-refractivity contribution in [1.29, 1.82) is 0 Å². The first-order valence-electron chi connectivity index (χ1n) is 3.51. The van der Waals surface area contributed by atoms with Gasteiger partial charge in [-0.3, -0.25) is 9.59 Å². The molecule has 0 aliphatic heterocycles. The van der Waals surface area contributed by atoms with Crippen molar-refractivity contribution >= 4 is 11.9 Å². The van der Waals surface area contributed by atoms with E-state index in [9.17, 15) is 14.7 Å². The van der Waals surface area contributed by atoms with E-state index >= 15 is 0 Å². The van der Waals surface area contributed by atoms with Crippen LogP contribution in [0.3, 0.4) is 0 Å². The number of esters is 2. The predicted octanol–water partition coefficient (Wildman–Crippen LogP) is 0.169. The number of ether oxygens (including phenoxy) is 2. The lowest BCUT2D eigenvalue weighted by Crippen LogP contribution is -2.38. The van der Waals surface area contributed by atoms with Gasteiger partial charge in [-0.15, -0.1) is 0 Å². The molecule has 0 aliphatic carbocycles. The van der Waals surface area contributed by atoms with E-state index in [-0.39, 0.29) is 6.42 Å². The molecule has 0 bridgehead atoms. The molecule has 70 valence electrons. The second-order valence-electron chi connectivity index (χ2n) is 2.25. The number of carbonyl (C=O) groups excluding carboxylic acids is 2. The van der Waals surface area contributed by atoms with Gasteiger partial charge in [0.25, 0.3) is 0 Å². The molecule has 0 aliphatic rings. The van der Waals surface area contributed by atoms with Gasteiger partial charge in [0, 0.05) is 13.8 Å². The van der Waals surface area contributed by atoms with Crippen LogP contribution in [0.15, 0.2) is 0 Å². The van der Waals surface area contributed by atoms with Gasteiger partial charge in [-0.2, -0.15) is 0 Å². The Labute approximate surface area is 70.3 Å². The standard InChI is InChI=1S/C7H12O5/c1-4-7(10,11-5(2)8)12-6(3)9/h10H,4H2,1-3H3. The van der Waals surface area contributed by atoms with Crippen LogP contribution >= 0.6 is 0 Å². The van der Waals surface area contributed by atoms with E-state index in [1.807, 2.05) is 0 Å². The summed E-state index contributed by atoms with van der Waals surface area (Å²) in [6, 6.07) is 0. The number of hydrogen-bond acceptors (Lipinski definition) is 5. The van der Waals surface area contributed by atoms with Gasteiger partial charge in [0.15, 0.2) is 0 Å². The number of aliphatic hydroxyl groups is 1. The number of carbonyl (C=O) groups is 2. The Bertz CT molecular complexity index is 170. The highest BCUT2D eigenvalue weighted by Crippen LogP contribution is 2.14. The molecule has 0 aromatic heterocycles. The zero-order valence-electron chi connectivity index (χ0n) is 7.29. The molecule has 0 saturated carbocycles. The van der Waals surface area contributed by atoms with Crippen LogP contribution in [0.1, 0.15) is 27.2 Å². The van der Waals surface area contributed by atoms with Crippen LogP contribution in [0, 0.1) is 0 Å². The van der Waals surface area contributed by atoms with E-state index < -0.39 is 17.9 Å². The highest BCUT2D eigenvalue weighted by atomic mass is 16.8. The summed E-state index contributed by atoms with van der Waals surface area (Å²) in [5.41, 5.74) is 0. The first-order valence-corrected chi connectivity index (χ1v) is 3.51. The van der Waals surface area contributed by atoms with Gasteiger partial charge in [-0.25, -0.2) is 0 Å². The Morgan fingerprint density at radius 3 is 1.75 bits per heavy atom. The van der Waals surface area contributed by atoms with Crippen LogP contribution in [0.2, 0.25) is 0 Å². The average molecular weight is 176 g/mol. The van der Waals surface area contributed by atoms with Crippen molar-refractivity contribution in [3.05, 3.63) is 0 Å². The normalized spacial score (nSPS) is 10.7. The lowest BCUT2D eigenvalue weighted by atomic mass is 10.4. The van der Waals surface area contributed by atoms with E-state index in [0.717, 1.165) is 13.8 Å². The average Bonchev–Trinajstić information content (AvgIpc) is 1.83.